The Morgan fingerprint density at radius 2 is 1.86 bits per heavy atom. The van der Waals surface area contributed by atoms with Crippen LogP contribution in [0.3, 0.4) is 0 Å². The number of alkyl halides is 3. The summed E-state index contributed by atoms with van der Waals surface area (Å²) < 4.78 is 35.1. The molecule has 0 aliphatic carbocycles. The van der Waals surface area contributed by atoms with E-state index >= 15 is 0 Å². The molecule has 0 bridgehead atoms. The molecule has 82 valence electrons. The maximum Gasteiger partial charge on any atom is 0.471 e. The predicted octanol–water partition coefficient (Wildman–Crippen LogP) is -0.535. The Kier molecular flexibility index (Phi) is 3.87. The molecule has 0 saturated heterocycles. The van der Waals surface area contributed by atoms with Crippen molar-refractivity contribution < 1.29 is 27.9 Å². The van der Waals surface area contributed by atoms with Crippen LogP contribution in [0.4, 0.5) is 13.2 Å². The summed E-state index contributed by atoms with van der Waals surface area (Å²) in [4.78, 5) is 20.7. The second-order valence-electron chi connectivity index (χ2n) is 2.65. The fourth-order valence-electron chi connectivity index (χ4n) is 0.641. The van der Waals surface area contributed by atoms with Gasteiger partial charge in [-0.05, 0) is 6.92 Å². The van der Waals surface area contributed by atoms with Crippen LogP contribution in [0.2, 0.25) is 0 Å². The molecular weight excluding hydrogens is 205 g/mol. The zero-order valence-corrected chi connectivity index (χ0v) is 7.13. The van der Waals surface area contributed by atoms with E-state index in [0.29, 0.717) is 0 Å². The van der Waals surface area contributed by atoms with Crippen molar-refractivity contribution in [3.8, 4) is 0 Å². The average Bonchev–Trinajstić information content (AvgIpc) is 1.96. The highest BCUT2D eigenvalue weighted by molar-refractivity contribution is 5.87. The Morgan fingerprint density at radius 3 is 2.07 bits per heavy atom. The van der Waals surface area contributed by atoms with Crippen LogP contribution >= 0.6 is 0 Å². The highest BCUT2D eigenvalue weighted by Crippen LogP contribution is 2.14. The summed E-state index contributed by atoms with van der Waals surface area (Å²) in [6.07, 6.45) is -5.11. The normalized spacial score (nSPS) is 15.8. The summed E-state index contributed by atoms with van der Waals surface area (Å²) in [6.45, 7) is 1.18. The van der Waals surface area contributed by atoms with Gasteiger partial charge in [-0.1, -0.05) is 0 Å². The number of nitrogens with one attached hydrogen (secondary N) is 1. The number of carbonyl (C=O) groups excluding carboxylic acids is 1. The Balaban J connectivity index is 4.48. The third kappa shape index (κ3) is 3.60. The van der Waals surface area contributed by atoms with E-state index in [1.54, 1.807) is 0 Å². The van der Waals surface area contributed by atoms with Gasteiger partial charge in [0.25, 0.3) is 0 Å². The molecule has 8 heteroatoms. The van der Waals surface area contributed by atoms with E-state index in [1.807, 2.05) is 0 Å². The molecule has 4 N–H and O–H groups in total. The number of rotatable bonds is 3. The number of nitrogens with two attached hydrogens (primary N) is 1. The Hall–Kier alpha value is -1.31. The van der Waals surface area contributed by atoms with Crippen molar-refractivity contribution in [1.82, 2.24) is 5.32 Å². The molecule has 0 saturated carbocycles. The van der Waals surface area contributed by atoms with E-state index in [0.717, 1.165) is 0 Å². The fourth-order valence-corrected chi connectivity index (χ4v) is 0.641. The van der Waals surface area contributed by atoms with Crippen molar-refractivity contribution in [2.75, 3.05) is 0 Å². The SMILES string of the molecule is C[C@@H](N)[C@H](NC(=O)C(F)(F)F)C(=O)O. The molecule has 2 atom stereocenters. The Morgan fingerprint density at radius 1 is 1.43 bits per heavy atom. The topological polar surface area (TPSA) is 92.4 Å². The molecule has 0 heterocycles. The van der Waals surface area contributed by atoms with Crippen molar-refractivity contribution in [2.24, 2.45) is 5.73 Å². The minimum atomic E-state index is -5.11. The summed E-state index contributed by atoms with van der Waals surface area (Å²) >= 11 is 0. The first-order valence-corrected chi connectivity index (χ1v) is 3.52. The van der Waals surface area contributed by atoms with Gasteiger partial charge in [0.15, 0.2) is 0 Å². The zero-order chi connectivity index (χ0) is 11.5. The maximum absolute atomic E-state index is 11.7. The molecule has 0 unspecified atom stereocenters. The van der Waals surface area contributed by atoms with Gasteiger partial charge in [0.05, 0.1) is 0 Å². The van der Waals surface area contributed by atoms with Gasteiger partial charge in [0.2, 0.25) is 0 Å². The van der Waals surface area contributed by atoms with Crippen LogP contribution in [0.5, 0.6) is 0 Å². The standard InChI is InChI=1S/C6H9F3N2O3/c1-2(10)3(4(12)13)11-5(14)6(7,8)9/h2-3H,10H2,1H3,(H,11,14)(H,12,13)/t2-,3+/m1/s1. The van der Waals surface area contributed by atoms with Gasteiger partial charge in [0.1, 0.15) is 6.04 Å². The van der Waals surface area contributed by atoms with Crippen LogP contribution in [-0.2, 0) is 9.59 Å². The first-order valence-electron chi connectivity index (χ1n) is 3.52. The van der Waals surface area contributed by atoms with Gasteiger partial charge in [-0.2, -0.15) is 13.2 Å². The van der Waals surface area contributed by atoms with Crippen LogP contribution in [0, 0.1) is 0 Å². The van der Waals surface area contributed by atoms with Crippen molar-refractivity contribution in [3.05, 3.63) is 0 Å². The van der Waals surface area contributed by atoms with Crippen molar-refractivity contribution in [2.45, 2.75) is 25.2 Å². The number of aliphatic carboxylic acids is 1. The molecular formula is C6H9F3N2O3. The molecule has 5 nitrogen and oxygen atoms in total. The zero-order valence-electron chi connectivity index (χ0n) is 7.13. The van der Waals surface area contributed by atoms with Gasteiger partial charge in [-0.15, -0.1) is 0 Å². The molecule has 0 aromatic carbocycles. The number of hydrogen-bond donors (Lipinski definition) is 3. The number of amides is 1. The van der Waals surface area contributed by atoms with E-state index in [4.69, 9.17) is 10.8 Å². The molecule has 1 amide bonds. The quantitative estimate of drug-likeness (QED) is 0.588. The highest BCUT2D eigenvalue weighted by Gasteiger charge is 2.41. The summed E-state index contributed by atoms with van der Waals surface area (Å²) in [5.74, 6) is -3.93. The van der Waals surface area contributed by atoms with Crippen LogP contribution in [-0.4, -0.2) is 35.2 Å². The van der Waals surface area contributed by atoms with E-state index in [1.165, 1.54) is 12.2 Å². The van der Waals surface area contributed by atoms with E-state index in [9.17, 15) is 22.8 Å². The lowest BCUT2D eigenvalue weighted by Crippen LogP contribution is -2.54. The fraction of sp³-hybridized carbons (Fsp3) is 0.667. The molecule has 0 fully saturated rings. The lowest BCUT2D eigenvalue weighted by Gasteiger charge is -2.18. The van der Waals surface area contributed by atoms with Crippen molar-refractivity contribution >= 4 is 11.9 Å². The first-order chi connectivity index (χ1) is 6.16. The average molecular weight is 214 g/mol. The van der Waals surface area contributed by atoms with Gasteiger partial charge < -0.3 is 16.2 Å². The number of carbonyl (C=O) groups is 2. The van der Waals surface area contributed by atoms with Gasteiger partial charge >= 0.3 is 18.1 Å². The van der Waals surface area contributed by atoms with Gasteiger partial charge in [0, 0.05) is 6.04 Å². The maximum atomic E-state index is 11.7. The predicted molar refractivity (Wildman–Crippen MR) is 39.3 cm³/mol. The van der Waals surface area contributed by atoms with Gasteiger partial charge in [-0.3, -0.25) is 4.79 Å². The molecule has 0 radical (unpaired) electrons. The molecule has 0 aliphatic heterocycles. The second-order valence-corrected chi connectivity index (χ2v) is 2.65. The van der Waals surface area contributed by atoms with E-state index < -0.39 is 30.1 Å². The number of halogens is 3. The van der Waals surface area contributed by atoms with E-state index in [2.05, 4.69) is 0 Å². The van der Waals surface area contributed by atoms with Gasteiger partial charge in [-0.25, -0.2) is 4.79 Å². The van der Waals surface area contributed by atoms with Crippen molar-refractivity contribution in [3.63, 3.8) is 0 Å². The number of carboxylic acid groups (broad SMARTS) is 1. The van der Waals surface area contributed by atoms with Crippen LogP contribution in [0.15, 0.2) is 0 Å². The number of hydrogen-bond acceptors (Lipinski definition) is 3. The monoisotopic (exact) mass is 214 g/mol. The van der Waals surface area contributed by atoms with Crippen molar-refractivity contribution in [1.29, 1.82) is 0 Å². The third-order valence-electron chi connectivity index (χ3n) is 1.34. The third-order valence-corrected chi connectivity index (χ3v) is 1.34. The van der Waals surface area contributed by atoms with Crippen LogP contribution in [0.25, 0.3) is 0 Å². The minimum Gasteiger partial charge on any atom is -0.480 e. The minimum absolute atomic E-state index is 1.11. The summed E-state index contributed by atoms with van der Waals surface area (Å²) in [6, 6.07) is -2.86. The van der Waals surface area contributed by atoms with E-state index in [-0.39, 0.29) is 0 Å². The molecule has 0 aliphatic rings. The smallest absolute Gasteiger partial charge is 0.471 e. The lowest BCUT2D eigenvalue weighted by atomic mass is 10.1. The summed E-state index contributed by atoms with van der Waals surface area (Å²) in [5, 5.41) is 9.66. The Labute approximate surface area is 77.1 Å². The summed E-state index contributed by atoms with van der Waals surface area (Å²) in [7, 11) is 0. The molecule has 0 aromatic rings. The lowest BCUT2D eigenvalue weighted by molar-refractivity contribution is -0.175. The second kappa shape index (κ2) is 4.27. The largest absolute Gasteiger partial charge is 0.480 e. The molecule has 0 rings (SSSR count). The highest BCUT2D eigenvalue weighted by atomic mass is 19.4. The molecule has 0 aromatic heterocycles. The first kappa shape index (κ1) is 12.7. The number of carboxylic acids is 1. The summed E-state index contributed by atoms with van der Waals surface area (Å²) in [5.41, 5.74) is 5.07. The molecule has 14 heavy (non-hydrogen) atoms. The Bertz CT molecular complexity index is 239. The van der Waals surface area contributed by atoms with Crippen LogP contribution in [0.1, 0.15) is 6.92 Å². The van der Waals surface area contributed by atoms with Crippen LogP contribution < -0.4 is 11.1 Å². The molecule has 0 spiro atoms.